The van der Waals surface area contributed by atoms with Gasteiger partial charge in [-0.1, -0.05) is 71.8 Å². The van der Waals surface area contributed by atoms with E-state index in [1.54, 1.807) is 25.3 Å². The first-order chi connectivity index (χ1) is 17.6. The first kappa shape index (κ1) is 24.6. The van der Waals surface area contributed by atoms with Crippen molar-refractivity contribution in [2.24, 2.45) is 5.11 Å². The largest absolute Gasteiger partial charge is 0.493 e. The number of carbonyl (C=O) groups is 2. The molecule has 2 amide bonds. The van der Waals surface area contributed by atoms with Crippen LogP contribution in [0, 0.1) is 0 Å². The summed E-state index contributed by atoms with van der Waals surface area (Å²) in [5, 5.41) is 3.72. The second kappa shape index (κ2) is 11.8. The van der Waals surface area contributed by atoms with E-state index in [1.807, 2.05) is 60.7 Å². The lowest BCUT2D eigenvalue weighted by Crippen LogP contribution is -2.45. The average molecular weight is 487 g/mol. The molecule has 1 aliphatic rings. The monoisotopic (exact) mass is 486 g/mol. The van der Waals surface area contributed by atoms with Crippen LogP contribution in [0.25, 0.3) is 10.4 Å². The number of benzene rings is 3. The molecule has 4 rings (SSSR count). The van der Waals surface area contributed by atoms with Gasteiger partial charge in [-0.3, -0.25) is 4.79 Å². The minimum atomic E-state index is -1.13. The zero-order chi connectivity index (χ0) is 25.3. The lowest BCUT2D eigenvalue weighted by molar-refractivity contribution is -0.130. The van der Waals surface area contributed by atoms with Crippen molar-refractivity contribution in [3.05, 3.63) is 106 Å². The van der Waals surface area contributed by atoms with Gasteiger partial charge in [0.25, 0.3) is 0 Å². The summed E-state index contributed by atoms with van der Waals surface area (Å²) in [6.07, 6.45) is -0.210. The van der Waals surface area contributed by atoms with E-state index >= 15 is 0 Å². The van der Waals surface area contributed by atoms with E-state index < -0.39 is 24.1 Å². The summed E-state index contributed by atoms with van der Waals surface area (Å²) in [5.74, 6) is 0.430. The highest BCUT2D eigenvalue weighted by Crippen LogP contribution is 2.30. The highest BCUT2D eigenvalue weighted by molar-refractivity contribution is 5.96. The van der Waals surface area contributed by atoms with Crippen LogP contribution >= 0.6 is 0 Å². The Labute approximate surface area is 208 Å². The lowest BCUT2D eigenvalue weighted by atomic mass is 10.0. The van der Waals surface area contributed by atoms with Crippen molar-refractivity contribution in [1.29, 1.82) is 0 Å². The van der Waals surface area contributed by atoms with Crippen molar-refractivity contribution in [3.8, 4) is 11.5 Å². The van der Waals surface area contributed by atoms with Gasteiger partial charge in [-0.15, -0.1) is 0 Å². The third-order valence-corrected chi connectivity index (χ3v) is 5.88. The molecule has 3 aromatic rings. The van der Waals surface area contributed by atoms with E-state index in [9.17, 15) is 9.59 Å². The molecule has 0 saturated carbocycles. The van der Waals surface area contributed by atoms with Crippen molar-refractivity contribution < 1.29 is 23.8 Å². The predicted molar refractivity (Wildman–Crippen MR) is 133 cm³/mol. The number of nitrogens with zero attached hydrogens (tertiary/aromatic N) is 4. The third kappa shape index (κ3) is 5.95. The summed E-state index contributed by atoms with van der Waals surface area (Å²) in [4.78, 5) is 29.8. The first-order valence-corrected chi connectivity index (χ1v) is 11.5. The summed E-state index contributed by atoms with van der Waals surface area (Å²) in [7, 11) is 1.54. The molecule has 0 radical (unpaired) electrons. The van der Waals surface area contributed by atoms with Crippen LogP contribution in [0.5, 0.6) is 11.5 Å². The minimum Gasteiger partial charge on any atom is -0.493 e. The zero-order valence-electron chi connectivity index (χ0n) is 19.8. The molecule has 36 heavy (non-hydrogen) atoms. The Kier molecular flexibility index (Phi) is 8.05. The topological polar surface area (TPSA) is 114 Å². The summed E-state index contributed by atoms with van der Waals surface area (Å²) >= 11 is 0. The van der Waals surface area contributed by atoms with Gasteiger partial charge < -0.3 is 14.2 Å². The SMILES string of the molecule is COc1ccc(C[C@H](N=[N+]=[N-])C(=O)N2C(=O)OC[C@@H]2Cc2ccccc2)cc1OCc1ccccc1. The molecular formula is C27H26N4O5. The van der Waals surface area contributed by atoms with Crippen LogP contribution in [0.3, 0.4) is 0 Å². The number of methoxy groups -OCH3 is 1. The molecule has 184 valence electrons. The van der Waals surface area contributed by atoms with Crippen molar-refractivity contribution in [2.45, 2.75) is 31.5 Å². The molecule has 9 nitrogen and oxygen atoms in total. The number of imide groups is 1. The Balaban J connectivity index is 1.51. The number of azide groups is 1. The Morgan fingerprint density at radius 3 is 2.42 bits per heavy atom. The molecule has 0 unspecified atom stereocenters. The summed E-state index contributed by atoms with van der Waals surface area (Å²) in [6.45, 7) is 0.419. The van der Waals surface area contributed by atoms with Crippen LogP contribution in [0.1, 0.15) is 16.7 Å². The molecule has 0 bridgehead atoms. The maximum absolute atomic E-state index is 13.4. The highest BCUT2D eigenvalue weighted by Gasteiger charge is 2.40. The Morgan fingerprint density at radius 2 is 1.75 bits per heavy atom. The number of hydrogen-bond acceptors (Lipinski definition) is 6. The standard InChI is InChI=1S/C27H26N4O5/c1-34-24-13-12-21(16-25(24)35-17-20-10-6-3-7-11-20)15-23(29-30-28)26(32)31-22(18-36-27(31)33)14-19-8-4-2-5-9-19/h2-13,16,22-23H,14-15,17-18H2,1H3/t22-,23-/m0/s1. The zero-order valence-corrected chi connectivity index (χ0v) is 19.8. The summed E-state index contributed by atoms with van der Waals surface area (Å²) < 4.78 is 16.5. The molecule has 1 saturated heterocycles. The molecule has 2 atom stereocenters. The van der Waals surface area contributed by atoms with Crippen molar-refractivity contribution in [2.75, 3.05) is 13.7 Å². The summed E-state index contributed by atoms with van der Waals surface area (Å²) in [5.41, 5.74) is 11.8. The van der Waals surface area contributed by atoms with Gasteiger partial charge in [0, 0.05) is 4.91 Å². The molecule has 1 aliphatic heterocycles. The normalized spacial score (nSPS) is 15.5. The molecule has 0 aromatic heterocycles. The number of cyclic esters (lactones) is 1. The third-order valence-electron chi connectivity index (χ3n) is 5.88. The Morgan fingerprint density at radius 1 is 1.06 bits per heavy atom. The van der Waals surface area contributed by atoms with Crippen LogP contribution < -0.4 is 9.47 Å². The fraction of sp³-hybridized carbons (Fsp3) is 0.259. The van der Waals surface area contributed by atoms with Crippen LogP contribution in [0.4, 0.5) is 4.79 Å². The van der Waals surface area contributed by atoms with Gasteiger partial charge in [0.2, 0.25) is 5.91 Å². The van der Waals surface area contributed by atoms with Gasteiger partial charge in [-0.2, -0.15) is 0 Å². The highest BCUT2D eigenvalue weighted by atomic mass is 16.6. The van der Waals surface area contributed by atoms with E-state index in [-0.39, 0.29) is 13.0 Å². The maximum atomic E-state index is 13.4. The molecule has 1 fully saturated rings. The van der Waals surface area contributed by atoms with Crippen LogP contribution in [-0.4, -0.2) is 42.7 Å². The maximum Gasteiger partial charge on any atom is 0.416 e. The number of ether oxygens (including phenoxy) is 3. The minimum absolute atomic E-state index is 0.0798. The van der Waals surface area contributed by atoms with Gasteiger partial charge in [-0.05, 0) is 47.2 Å². The number of rotatable bonds is 10. The van der Waals surface area contributed by atoms with Crippen LogP contribution in [-0.2, 0) is 29.0 Å². The number of carbonyl (C=O) groups excluding carboxylic acids is 2. The van der Waals surface area contributed by atoms with E-state index in [0.717, 1.165) is 16.0 Å². The van der Waals surface area contributed by atoms with Gasteiger partial charge in [0.05, 0.1) is 13.2 Å². The fourth-order valence-corrected chi connectivity index (χ4v) is 4.09. The molecule has 0 N–H and O–H groups in total. The van der Waals surface area contributed by atoms with Crippen LogP contribution in [0.15, 0.2) is 84.0 Å². The molecule has 1 heterocycles. The van der Waals surface area contributed by atoms with Crippen molar-refractivity contribution >= 4 is 12.0 Å². The molecular weight excluding hydrogens is 460 g/mol. The van der Waals surface area contributed by atoms with Crippen molar-refractivity contribution in [3.63, 3.8) is 0 Å². The van der Waals surface area contributed by atoms with E-state index in [1.165, 1.54) is 0 Å². The van der Waals surface area contributed by atoms with E-state index in [0.29, 0.717) is 30.1 Å². The number of amides is 2. The van der Waals surface area contributed by atoms with Gasteiger partial charge in [0.1, 0.15) is 19.3 Å². The second-order valence-electron chi connectivity index (χ2n) is 8.31. The van der Waals surface area contributed by atoms with Crippen molar-refractivity contribution in [1.82, 2.24) is 4.90 Å². The fourth-order valence-electron chi connectivity index (χ4n) is 4.09. The molecule has 9 heteroatoms. The van der Waals surface area contributed by atoms with Gasteiger partial charge in [-0.25, -0.2) is 9.69 Å². The predicted octanol–water partition coefficient (Wildman–Crippen LogP) is 5.09. The Bertz CT molecular complexity index is 1250. The van der Waals surface area contributed by atoms with E-state index in [2.05, 4.69) is 10.0 Å². The molecule has 0 spiro atoms. The molecule has 3 aromatic carbocycles. The second-order valence-corrected chi connectivity index (χ2v) is 8.31. The lowest BCUT2D eigenvalue weighted by Gasteiger charge is -2.23. The smallest absolute Gasteiger partial charge is 0.416 e. The Hall–Kier alpha value is -4.49. The average Bonchev–Trinajstić information content (AvgIpc) is 3.27. The van der Waals surface area contributed by atoms with E-state index in [4.69, 9.17) is 19.7 Å². The van der Waals surface area contributed by atoms with Crippen LogP contribution in [0.2, 0.25) is 0 Å². The number of hydrogen-bond donors (Lipinski definition) is 0. The molecule has 0 aliphatic carbocycles. The quantitative estimate of drug-likeness (QED) is 0.225. The van der Waals surface area contributed by atoms with Gasteiger partial charge >= 0.3 is 6.09 Å². The van der Waals surface area contributed by atoms with Gasteiger partial charge in [0.15, 0.2) is 11.5 Å². The first-order valence-electron chi connectivity index (χ1n) is 11.5. The summed E-state index contributed by atoms with van der Waals surface area (Å²) in [6, 6.07) is 22.8.